The molecule has 0 bridgehead atoms. The van der Waals surface area contributed by atoms with Gasteiger partial charge in [0, 0.05) is 18.6 Å². The molecule has 0 spiro atoms. The first-order chi connectivity index (χ1) is 7.19. The second kappa shape index (κ2) is 6.49. The van der Waals surface area contributed by atoms with Gasteiger partial charge in [-0.05, 0) is 25.3 Å². The highest BCUT2D eigenvalue weighted by Crippen LogP contribution is 2.23. The molecule has 2 nitrogen and oxygen atoms in total. The first-order valence-corrected chi connectivity index (χ1v) is 6.68. The Morgan fingerprint density at radius 2 is 1.87 bits per heavy atom. The van der Waals surface area contributed by atoms with Gasteiger partial charge in [0.15, 0.2) is 0 Å². The van der Waals surface area contributed by atoms with E-state index in [0.717, 1.165) is 19.1 Å². The Kier molecular flexibility index (Phi) is 5.62. The lowest BCUT2D eigenvalue weighted by Crippen LogP contribution is -2.45. The van der Waals surface area contributed by atoms with Gasteiger partial charge >= 0.3 is 0 Å². The van der Waals surface area contributed by atoms with Crippen molar-refractivity contribution in [3.05, 3.63) is 0 Å². The summed E-state index contributed by atoms with van der Waals surface area (Å²) in [5.41, 5.74) is 6.23. The van der Waals surface area contributed by atoms with Gasteiger partial charge in [-0.2, -0.15) is 0 Å². The van der Waals surface area contributed by atoms with Gasteiger partial charge in [0.2, 0.25) is 0 Å². The molecular weight excluding hydrogens is 184 g/mol. The van der Waals surface area contributed by atoms with Crippen molar-refractivity contribution in [2.75, 3.05) is 13.1 Å². The quantitative estimate of drug-likeness (QED) is 0.733. The summed E-state index contributed by atoms with van der Waals surface area (Å²) in [7, 11) is 0. The van der Waals surface area contributed by atoms with Crippen molar-refractivity contribution in [2.24, 2.45) is 11.7 Å². The zero-order chi connectivity index (χ0) is 11.3. The average molecular weight is 212 g/mol. The van der Waals surface area contributed by atoms with E-state index in [1.54, 1.807) is 0 Å². The maximum Gasteiger partial charge on any atom is 0.0193 e. The minimum Gasteiger partial charge on any atom is -0.326 e. The average Bonchev–Trinajstić information content (AvgIpc) is 2.77. The third-order valence-corrected chi connectivity index (χ3v) is 4.07. The van der Waals surface area contributed by atoms with Crippen LogP contribution in [0.5, 0.6) is 0 Å². The Balaban J connectivity index is 2.38. The summed E-state index contributed by atoms with van der Waals surface area (Å²) in [6.45, 7) is 9.02. The molecule has 0 saturated heterocycles. The third kappa shape index (κ3) is 3.76. The molecule has 0 aromatic carbocycles. The monoisotopic (exact) mass is 212 g/mol. The molecule has 0 aromatic rings. The molecule has 2 N–H and O–H groups in total. The lowest BCUT2D eigenvalue weighted by atomic mass is 9.99. The van der Waals surface area contributed by atoms with Gasteiger partial charge in [0.05, 0.1) is 0 Å². The summed E-state index contributed by atoms with van der Waals surface area (Å²) in [5.74, 6) is 0.653. The molecule has 15 heavy (non-hydrogen) atoms. The molecule has 2 unspecified atom stereocenters. The molecule has 2 atom stereocenters. The lowest BCUT2D eigenvalue weighted by molar-refractivity contribution is 0.180. The number of nitrogens with zero attached hydrogens (tertiary/aromatic N) is 1. The second-order valence-corrected chi connectivity index (χ2v) is 5.08. The lowest BCUT2D eigenvalue weighted by Gasteiger charge is -2.32. The van der Waals surface area contributed by atoms with Crippen LogP contribution in [0.1, 0.15) is 52.9 Å². The van der Waals surface area contributed by atoms with E-state index in [0.29, 0.717) is 12.0 Å². The summed E-state index contributed by atoms with van der Waals surface area (Å²) < 4.78 is 0. The molecule has 1 fully saturated rings. The fourth-order valence-electron chi connectivity index (χ4n) is 2.56. The van der Waals surface area contributed by atoms with Crippen LogP contribution in [-0.2, 0) is 0 Å². The SMILES string of the molecule is CCC(C)C(N)CN(CC)C1CCCC1. The Morgan fingerprint density at radius 3 is 2.33 bits per heavy atom. The van der Waals surface area contributed by atoms with Crippen LogP contribution in [0.4, 0.5) is 0 Å². The topological polar surface area (TPSA) is 29.3 Å². The number of likely N-dealkylation sites (N-methyl/N-ethyl adjacent to an activating group) is 1. The molecular formula is C13H28N2. The summed E-state index contributed by atoms with van der Waals surface area (Å²) in [6.07, 6.45) is 6.81. The smallest absolute Gasteiger partial charge is 0.0193 e. The van der Waals surface area contributed by atoms with Crippen LogP contribution < -0.4 is 5.73 Å². The molecule has 0 aliphatic heterocycles. The molecule has 2 heteroatoms. The molecule has 0 aromatic heterocycles. The number of hydrogen-bond donors (Lipinski definition) is 1. The molecule has 1 aliphatic rings. The standard InChI is InChI=1S/C13H28N2/c1-4-11(3)13(14)10-15(5-2)12-8-6-7-9-12/h11-13H,4-10,14H2,1-3H3. The normalized spacial score (nSPS) is 22.2. The van der Waals surface area contributed by atoms with E-state index in [4.69, 9.17) is 5.73 Å². The van der Waals surface area contributed by atoms with Crippen molar-refractivity contribution < 1.29 is 0 Å². The maximum absolute atomic E-state index is 6.23. The Bertz CT molecular complexity index is 164. The second-order valence-electron chi connectivity index (χ2n) is 5.08. The van der Waals surface area contributed by atoms with E-state index >= 15 is 0 Å². The van der Waals surface area contributed by atoms with Gasteiger partial charge in [-0.15, -0.1) is 0 Å². The highest BCUT2D eigenvalue weighted by molar-refractivity contribution is 4.81. The van der Waals surface area contributed by atoms with Crippen molar-refractivity contribution >= 4 is 0 Å². The van der Waals surface area contributed by atoms with Crippen LogP contribution in [0, 0.1) is 5.92 Å². The molecule has 0 amide bonds. The van der Waals surface area contributed by atoms with Gasteiger partial charge < -0.3 is 5.73 Å². The minimum atomic E-state index is 0.357. The zero-order valence-electron chi connectivity index (χ0n) is 10.7. The fourth-order valence-corrected chi connectivity index (χ4v) is 2.56. The van der Waals surface area contributed by atoms with E-state index in [-0.39, 0.29) is 0 Å². The van der Waals surface area contributed by atoms with E-state index < -0.39 is 0 Å². The van der Waals surface area contributed by atoms with E-state index in [1.165, 1.54) is 32.1 Å². The Labute approximate surface area is 95.2 Å². The highest BCUT2D eigenvalue weighted by Gasteiger charge is 2.23. The van der Waals surface area contributed by atoms with Gasteiger partial charge in [-0.25, -0.2) is 0 Å². The van der Waals surface area contributed by atoms with Crippen LogP contribution in [0.2, 0.25) is 0 Å². The molecule has 1 rings (SSSR count). The van der Waals surface area contributed by atoms with Gasteiger partial charge in [0.25, 0.3) is 0 Å². The van der Waals surface area contributed by atoms with E-state index in [2.05, 4.69) is 25.7 Å². The van der Waals surface area contributed by atoms with Crippen LogP contribution in [0.25, 0.3) is 0 Å². The fraction of sp³-hybridized carbons (Fsp3) is 1.00. The predicted molar refractivity (Wildman–Crippen MR) is 66.9 cm³/mol. The molecule has 1 saturated carbocycles. The minimum absolute atomic E-state index is 0.357. The first-order valence-electron chi connectivity index (χ1n) is 6.68. The number of rotatable bonds is 6. The van der Waals surface area contributed by atoms with Crippen LogP contribution in [-0.4, -0.2) is 30.1 Å². The van der Waals surface area contributed by atoms with Crippen molar-refractivity contribution in [2.45, 2.75) is 65.0 Å². The summed E-state index contributed by atoms with van der Waals surface area (Å²) in [5, 5.41) is 0. The third-order valence-electron chi connectivity index (χ3n) is 4.07. The Morgan fingerprint density at radius 1 is 1.27 bits per heavy atom. The van der Waals surface area contributed by atoms with Crippen LogP contribution in [0.15, 0.2) is 0 Å². The van der Waals surface area contributed by atoms with Crippen molar-refractivity contribution in [3.63, 3.8) is 0 Å². The Hall–Kier alpha value is -0.0800. The first kappa shape index (κ1) is 13.0. The number of hydrogen-bond acceptors (Lipinski definition) is 2. The summed E-state index contributed by atoms with van der Waals surface area (Å²) >= 11 is 0. The van der Waals surface area contributed by atoms with Gasteiger partial charge in [-0.1, -0.05) is 40.0 Å². The maximum atomic E-state index is 6.23. The predicted octanol–water partition coefficient (Wildman–Crippen LogP) is 2.62. The highest BCUT2D eigenvalue weighted by atomic mass is 15.2. The molecule has 0 radical (unpaired) electrons. The van der Waals surface area contributed by atoms with Gasteiger partial charge in [-0.3, -0.25) is 4.90 Å². The van der Waals surface area contributed by atoms with E-state index in [9.17, 15) is 0 Å². The van der Waals surface area contributed by atoms with E-state index in [1.807, 2.05) is 0 Å². The zero-order valence-corrected chi connectivity index (χ0v) is 10.7. The molecule has 90 valence electrons. The summed E-state index contributed by atoms with van der Waals surface area (Å²) in [4.78, 5) is 2.60. The molecule has 1 aliphatic carbocycles. The van der Waals surface area contributed by atoms with Crippen molar-refractivity contribution in [1.82, 2.24) is 4.90 Å². The van der Waals surface area contributed by atoms with Crippen LogP contribution >= 0.6 is 0 Å². The largest absolute Gasteiger partial charge is 0.326 e. The van der Waals surface area contributed by atoms with Crippen molar-refractivity contribution in [1.29, 1.82) is 0 Å². The van der Waals surface area contributed by atoms with Crippen LogP contribution in [0.3, 0.4) is 0 Å². The molecule has 0 heterocycles. The summed E-state index contributed by atoms with van der Waals surface area (Å²) in [6, 6.07) is 1.18. The van der Waals surface area contributed by atoms with Gasteiger partial charge in [0.1, 0.15) is 0 Å². The van der Waals surface area contributed by atoms with Crippen molar-refractivity contribution in [3.8, 4) is 0 Å². The number of nitrogens with two attached hydrogens (primary N) is 1.